The largest absolute Gasteiger partial charge is 0.390 e. The molecule has 0 bridgehead atoms. The van der Waals surface area contributed by atoms with Crippen LogP contribution >= 0.6 is 0 Å². The van der Waals surface area contributed by atoms with Crippen molar-refractivity contribution in [1.29, 1.82) is 0 Å². The Balaban J connectivity index is 1.73. The van der Waals surface area contributed by atoms with E-state index in [0.29, 0.717) is 19.4 Å². The topological polar surface area (TPSA) is 88.4 Å². The Morgan fingerprint density at radius 1 is 0.938 bits per heavy atom. The quantitative estimate of drug-likeness (QED) is 0.566. The van der Waals surface area contributed by atoms with Gasteiger partial charge in [-0.05, 0) is 6.42 Å². The summed E-state index contributed by atoms with van der Waals surface area (Å²) >= 11 is 0. The highest BCUT2D eigenvalue weighted by Gasteiger charge is 2.31. The van der Waals surface area contributed by atoms with Crippen molar-refractivity contribution in [1.82, 2.24) is 0 Å². The molecule has 3 N–H and O–H groups in total. The molecule has 0 radical (unpaired) electrons. The molecule has 2 aliphatic heterocycles. The number of rotatable bonds is 2. The first-order chi connectivity index (χ1) is 7.65. The maximum Gasteiger partial charge on any atom is 0.160 e. The first-order valence-corrected chi connectivity index (χ1v) is 5.58. The lowest BCUT2D eigenvalue weighted by atomic mass is 10.1. The number of aliphatic hydroxyl groups is 3. The van der Waals surface area contributed by atoms with Crippen LogP contribution in [-0.4, -0.2) is 59.4 Å². The Bertz CT molecular complexity index is 215. The molecule has 0 aliphatic carbocycles. The van der Waals surface area contributed by atoms with Gasteiger partial charge in [0.1, 0.15) is 6.10 Å². The van der Waals surface area contributed by atoms with Gasteiger partial charge in [0.15, 0.2) is 12.6 Å². The Morgan fingerprint density at radius 2 is 1.75 bits per heavy atom. The zero-order valence-electron chi connectivity index (χ0n) is 8.99. The van der Waals surface area contributed by atoms with Crippen molar-refractivity contribution in [3.05, 3.63) is 0 Å². The number of hydrogen-bond acceptors (Lipinski definition) is 6. The monoisotopic (exact) mass is 234 g/mol. The zero-order valence-corrected chi connectivity index (χ0v) is 8.99. The smallest absolute Gasteiger partial charge is 0.160 e. The summed E-state index contributed by atoms with van der Waals surface area (Å²) < 4.78 is 15.9. The molecule has 0 aromatic rings. The summed E-state index contributed by atoms with van der Waals surface area (Å²) in [6, 6.07) is 0. The second kappa shape index (κ2) is 5.39. The molecule has 16 heavy (non-hydrogen) atoms. The Labute approximate surface area is 93.7 Å². The highest BCUT2D eigenvalue weighted by atomic mass is 16.7. The number of hydrogen-bond donors (Lipinski definition) is 3. The van der Waals surface area contributed by atoms with Gasteiger partial charge in [0.25, 0.3) is 0 Å². The molecule has 2 aliphatic rings. The van der Waals surface area contributed by atoms with E-state index in [2.05, 4.69) is 0 Å². The average molecular weight is 234 g/mol. The minimum atomic E-state index is -0.829. The van der Waals surface area contributed by atoms with Crippen LogP contribution in [0.1, 0.15) is 19.3 Å². The standard InChI is InChI=1S/C10H18O6/c11-7-3-10(15-5-8(7)12)16-6-1-2-9(13)14-4-6/h6-13H,1-5H2/t6-,7?,8+,9-,10+/m1/s1. The first kappa shape index (κ1) is 12.2. The Hall–Kier alpha value is -0.240. The van der Waals surface area contributed by atoms with Gasteiger partial charge in [-0.3, -0.25) is 0 Å². The van der Waals surface area contributed by atoms with Gasteiger partial charge in [-0.25, -0.2) is 0 Å². The van der Waals surface area contributed by atoms with Crippen LogP contribution in [0.5, 0.6) is 0 Å². The summed E-state index contributed by atoms with van der Waals surface area (Å²) in [4.78, 5) is 0. The van der Waals surface area contributed by atoms with Gasteiger partial charge in [0.2, 0.25) is 0 Å². The number of ether oxygens (including phenoxy) is 3. The number of aliphatic hydroxyl groups excluding tert-OH is 3. The van der Waals surface area contributed by atoms with Crippen molar-refractivity contribution < 1.29 is 29.5 Å². The van der Waals surface area contributed by atoms with Gasteiger partial charge in [-0.15, -0.1) is 0 Å². The Kier molecular flexibility index (Phi) is 4.12. The highest BCUT2D eigenvalue weighted by Crippen LogP contribution is 2.21. The molecule has 0 amide bonds. The fourth-order valence-electron chi connectivity index (χ4n) is 1.87. The van der Waals surface area contributed by atoms with Gasteiger partial charge >= 0.3 is 0 Å². The first-order valence-electron chi connectivity index (χ1n) is 5.58. The van der Waals surface area contributed by atoms with Crippen molar-refractivity contribution >= 4 is 0 Å². The molecule has 94 valence electrons. The van der Waals surface area contributed by atoms with E-state index < -0.39 is 24.8 Å². The van der Waals surface area contributed by atoms with E-state index in [1.165, 1.54) is 0 Å². The summed E-state index contributed by atoms with van der Waals surface area (Å²) in [6.07, 6.45) is -1.42. The summed E-state index contributed by atoms with van der Waals surface area (Å²) in [5.74, 6) is 0. The van der Waals surface area contributed by atoms with E-state index in [-0.39, 0.29) is 19.1 Å². The summed E-state index contributed by atoms with van der Waals surface area (Å²) in [6.45, 7) is 0.418. The molecule has 2 saturated heterocycles. The average Bonchev–Trinajstić information content (AvgIpc) is 2.27. The zero-order chi connectivity index (χ0) is 11.5. The fraction of sp³-hybridized carbons (Fsp3) is 1.00. The third-order valence-electron chi connectivity index (χ3n) is 2.89. The van der Waals surface area contributed by atoms with Crippen LogP contribution in [0, 0.1) is 0 Å². The van der Waals surface area contributed by atoms with Crippen LogP contribution in [0.3, 0.4) is 0 Å². The second-order valence-electron chi connectivity index (χ2n) is 4.26. The molecule has 2 heterocycles. The maximum absolute atomic E-state index is 9.44. The van der Waals surface area contributed by atoms with Crippen LogP contribution in [0.15, 0.2) is 0 Å². The predicted octanol–water partition coefficient (Wildman–Crippen LogP) is -1.03. The van der Waals surface area contributed by atoms with Crippen LogP contribution < -0.4 is 0 Å². The predicted molar refractivity (Wildman–Crippen MR) is 52.4 cm³/mol. The lowest BCUT2D eigenvalue weighted by molar-refractivity contribution is -0.257. The molecule has 0 aromatic carbocycles. The van der Waals surface area contributed by atoms with E-state index in [0.717, 1.165) is 0 Å². The van der Waals surface area contributed by atoms with Gasteiger partial charge in [0.05, 0.1) is 25.4 Å². The van der Waals surface area contributed by atoms with Crippen molar-refractivity contribution in [2.24, 2.45) is 0 Å². The van der Waals surface area contributed by atoms with Crippen molar-refractivity contribution in [2.45, 2.75) is 50.2 Å². The summed E-state index contributed by atoms with van der Waals surface area (Å²) in [7, 11) is 0. The molecule has 0 aromatic heterocycles. The normalized spacial score (nSPS) is 45.6. The third-order valence-corrected chi connectivity index (χ3v) is 2.89. The summed E-state index contributed by atoms with van der Waals surface area (Å²) in [5.41, 5.74) is 0. The lowest BCUT2D eigenvalue weighted by Gasteiger charge is -2.34. The van der Waals surface area contributed by atoms with Gasteiger partial charge < -0.3 is 29.5 Å². The van der Waals surface area contributed by atoms with Crippen LogP contribution in [-0.2, 0) is 14.2 Å². The second-order valence-corrected chi connectivity index (χ2v) is 4.26. The molecule has 1 unspecified atom stereocenters. The van der Waals surface area contributed by atoms with Gasteiger partial charge in [-0.1, -0.05) is 0 Å². The molecule has 5 atom stereocenters. The highest BCUT2D eigenvalue weighted by molar-refractivity contribution is 4.75. The van der Waals surface area contributed by atoms with E-state index in [1.807, 2.05) is 0 Å². The van der Waals surface area contributed by atoms with Gasteiger partial charge in [0, 0.05) is 12.8 Å². The molecule has 6 nitrogen and oxygen atoms in total. The molecule has 2 rings (SSSR count). The fourth-order valence-corrected chi connectivity index (χ4v) is 1.87. The Morgan fingerprint density at radius 3 is 2.38 bits per heavy atom. The molecule has 6 heteroatoms. The van der Waals surface area contributed by atoms with Crippen LogP contribution in [0.4, 0.5) is 0 Å². The SMILES string of the molecule is OC1C[C@H](O[C@@H]2CC[C@H](O)OC2)OC[C@@H]1O. The van der Waals surface area contributed by atoms with Gasteiger partial charge in [-0.2, -0.15) is 0 Å². The molecular weight excluding hydrogens is 216 g/mol. The molecule has 2 fully saturated rings. The lowest BCUT2D eigenvalue weighted by Crippen LogP contribution is -2.44. The summed E-state index contributed by atoms with van der Waals surface area (Å²) in [5, 5.41) is 27.8. The molecule has 0 saturated carbocycles. The van der Waals surface area contributed by atoms with Crippen molar-refractivity contribution in [3.63, 3.8) is 0 Å². The van der Waals surface area contributed by atoms with E-state index in [4.69, 9.17) is 19.3 Å². The van der Waals surface area contributed by atoms with E-state index in [1.54, 1.807) is 0 Å². The minimum Gasteiger partial charge on any atom is -0.390 e. The molecule has 0 spiro atoms. The van der Waals surface area contributed by atoms with E-state index >= 15 is 0 Å². The van der Waals surface area contributed by atoms with Crippen molar-refractivity contribution in [3.8, 4) is 0 Å². The molecular formula is C10H18O6. The van der Waals surface area contributed by atoms with Crippen LogP contribution in [0.25, 0.3) is 0 Å². The van der Waals surface area contributed by atoms with E-state index in [9.17, 15) is 10.2 Å². The third kappa shape index (κ3) is 3.13. The maximum atomic E-state index is 9.44. The van der Waals surface area contributed by atoms with Crippen molar-refractivity contribution in [2.75, 3.05) is 13.2 Å². The van der Waals surface area contributed by atoms with Crippen LogP contribution in [0.2, 0.25) is 0 Å². The minimum absolute atomic E-state index is 0.0854.